The van der Waals surface area contributed by atoms with Crippen LogP contribution in [0.15, 0.2) is 48.7 Å². The van der Waals surface area contributed by atoms with Gasteiger partial charge in [0, 0.05) is 6.20 Å². The highest BCUT2D eigenvalue weighted by atomic mass is 32.2. The van der Waals surface area contributed by atoms with Crippen LogP contribution in [0.2, 0.25) is 0 Å². The van der Waals surface area contributed by atoms with E-state index in [2.05, 4.69) is 4.98 Å². The summed E-state index contributed by atoms with van der Waals surface area (Å²) >= 11 is 0. The monoisotopic (exact) mass is 265 g/mol. The number of hydrogen-bond donors (Lipinski definition) is 0. The summed E-state index contributed by atoms with van der Waals surface area (Å²) in [5, 5.41) is 0. The van der Waals surface area contributed by atoms with Crippen LogP contribution in [0, 0.1) is 5.82 Å². The van der Waals surface area contributed by atoms with Gasteiger partial charge in [-0.25, -0.2) is 12.8 Å². The van der Waals surface area contributed by atoms with Crippen molar-refractivity contribution in [1.29, 1.82) is 0 Å². The van der Waals surface area contributed by atoms with E-state index in [9.17, 15) is 12.8 Å². The summed E-state index contributed by atoms with van der Waals surface area (Å²) in [6.45, 7) is 0. The summed E-state index contributed by atoms with van der Waals surface area (Å²) in [6.07, 6.45) is 1.56. The molecule has 0 N–H and O–H groups in total. The minimum atomic E-state index is -3.29. The molecule has 0 atom stereocenters. The molecule has 94 valence electrons. The van der Waals surface area contributed by atoms with Gasteiger partial charge >= 0.3 is 0 Å². The predicted octanol–water partition coefficient (Wildman–Crippen LogP) is 2.34. The highest BCUT2D eigenvalue weighted by Gasteiger charge is 2.13. The number of rotatable bonds is 4. The maximum Gasteiger partial charge on any atom is 0.160 e. The largest absolute Gasteiger partial charge is 0.260 e. The molecule has 0 bridgehead atoms. The maximum absolute atomic E-state index is 12.7. The van der Waals surface area contributed by atoms with Crippen LogP contribution < -0.4 is 0 Å². The number of benzene rings is 1. The lowest BCUT2D eigenvalue weighted by Crippen LogP contribution is -2.08. The average molecular weight is 265 g/mol. The number of pyridine rings is 1. The molecule has 0 saturated carbocycles. The first-order valence-electron chi connectivity index (χ1n) is 5.40. The Balaban J connectivity index is 2.10. The first-order chi connectivity index (χ1) is 8.55. The molecule has 3 nitrogen and oxygen atoms in total. The Hall–Kier alpha value is -1.75. The van der Waals surface area contributed by atoms with Gasteiger partial charge in [-0.3, -0.25) is 4.98 Å². The number of nitrogens with zero attached hydrogens (tertiary/aromatic N) is 1. The molecule has 0 spiro atoms. The van der Waals surface area contributed by atoms with Crippen LogP contribution in [0.4, 0.5) is 4.39 Å². The van der Waals surface area contributed by atoms with Crippen molar-refractivity contribution in [3.8, 4) is 0 Å². The Bertz CT molecular complexity index is 609. The van der Waals surface area contributed by atoms with Crippen LogP contribution in [-0.2, 0) is 21.3 Å². The first kappa shape index (κ1) is 12.7. The minimum absolute atomic E-state index is 0.106. The van der Waals surface area contributed by atoms with Crippen LogP contribution in [0.1, 0.15) is 11.3 Å². The Morgan fingerprint density at radius 3 is 2.33 bits per heavy atom. The van der Waals surface area contributed by atoms with Gasteiger partial charge in [-0.15, -0.1) is 0 Å². The van der Waals surface area contributed by atoms with Gasteiger partial charge in [0.05, 0.1) is 17.2 Å². The van der Waals surface area contributed by atoms with Crippen molar-refractivity contribution in [1.82, 2.24) is 4.98 Å². The van der Waals surface area contributed by atoms with Crippen molar-refractivity contribution in [3.63, 3.8) is 0 Å². The minimum Gasteiger partial charge on any atom is -0.260 e. The van der Waals surface area contributed by atoms with E-state index in [0.29, 0.717) is 11.3 Å². The first-order valence-corrected chi connectivity index (χ1v) is 7.22. The van der Waals surface area contributed by atoms with Crippen molar-refractivity contribution in [2.45, 2.75) is 11.5 Å². The standard InChI is InChI=1S/C13H12FNO2S/c14-12-6-4-11(5-7-12)9-18(16,17)10-13-3-1-2-8-15-13/h1-8H,9-10H2. The quantitative estimate of drug-likeness (QED) is 0.852. The van der Waals surface area contributed by atoms with Crippen LogP contribution >= 0.6 is 0 Å². The van der Waals surface area contributed by atoms with Crippen LogP contribution in [0.5, 0.6) is 0 Å². The molecule has 0 radical (unpaired) electrons. The summed E-state index contributed by atoms with van der Waals surface area (Å²) in [7, 11) is -3.29. The fourth-order valence-corrected chi connectivity index (χ4v) is 3.02. The van der Waals surface area contributed by atoms with Crippen molar-refractivity contribution in [2.24, 2.45) is 0 Å². The number of halogens is 1. The van der Waals surface area contributed by atoms with E-state index in [-0.39, 0.29) is 17.3 Å². The Morgan fingerprint density at radius 1 is 1.00 bits per heavy atom. The molecule has 0 saturated heterocycles. The second-order valence-electron chi connectivity index (χ2n) is 3.98. The third-order valence-electron chi connectivity index (χ3n) is 2.39. The average Bonchev–Trinajstić information content (AvgIpc) is 2.32. The fourth-order valence-electron chi connectivity index (χ4n) is 1.59. The molecular weight excluding hydrogens is 253 g/mol. The summed E-state index contributed by atoms with van der Waals surface area (Å²) in [5.41, 5.74) is 1.09. The zero-order valence-electron chi connectivity index (χ0n) is 9.58. The molecule has 1 aromatic carbocycles. The molecule has 5 heteroatoms. The molecule has 0 fully saturated rings. The van der Waals surface area contributed by atoms with Gasteiger partial charge in [0.1, 0.15) is 5.82 Å². The van der Waals surface area contributed by atoms with E-state index in [1.54, 1.807) is 24.4 Å². The zero-order valence-corrected chi connectivity index (χ0v) is 10.4. The normalized spacial score (nSPS) is 11.4. The number of sulfone groups is 1. The van der Waals surface area contributed by atoms with E-state index in [4.69, 9.17) is 0 Å². The van der Waals surface area contributed by atoms with Gasteiger partial charge in [-0.05, 0) is 29.8 Å². The van der Waals surface area contributed by atoms with E-state index < -0.39 is 9.84 Å². The van der Waals surface area contributed by atoms with Crippen LogP contribution in [-0.4, -0.2) is 13.4 Å². The lowest BCUT2D eigenvalue weighted by molar-refractivity contribution is 0.593. The third kappa shape index (κ3) is 3.63. The summed E-state index contributed by atoms with van der Waals surface area (Å²) in [4.78, 5) is 3.98. The van der Waals surface area contributed by atoms with Gasteiger partial charge < -0.3 is 0 Å². The van der Waals surface area contributed by atoms with Gasteiger partial charge in [-0.2, -0.15) is 0 Å². The van der Waals surface area contributed by atoms with Crippen molar-refractivity contribution >= 4 is 9.84 Å². The Morgan fingerprint density at radius 2 is 1.72 bits per heavy atom. The molecule has 18 heavy (non-hydrogen) atoms. The number of aromatic nitrogens is 1. The molecule has 0 unspecified atom stereocenters. The lowest BCUT2D eigenvalue weighted by atomic mass is 10.2. The SMILES string of the molecule is O=S(=O)(Cc1ccc(F)cc1)Cc1ccccn1. The molecule has 0 aliphatic heterocycles. The molecular formula is C13H12FNO2S. The Labute approximate surface area is 105 Å². The molecule has 1 heterocycles. The van der Waals surface area contributed by atoms with E-state index in [1.165, 1.54) is 24.3 Å². The van der Waals surface area contributed by atoms with Crippen LogP contribution in [0.3, 0.4) is 0 Å². The molecule has 0 aliphatic rings. The molecule has 2 aromatic rings. The van der Waals surface area contributed by atoms with E-state index in [1.807, 2.05) is 0 Å². The highest BCUT2D eigenvalue weighted by molar-refractivity contribution is 7.89. The van der Waals surface area contributed by atoms with Gasteiger partial charge in [0.25, 0.3) is 0 Å². The van der Waals surface area contributed by atoms with Crippen molar-refractivity contribution in [3.05, 3.63) is 65.7 Å². The summed E-state index contributed by atoms with van der Waals surface area (Å²) in [5.74, 6) is -0.587. The Kier molecular flexibility index (Phi) is 3.72. The molecule has 0 aliphatic carbocycles. The van der Waals surface area contributed by atoms with E-state index >= 15 is 0 Å². The fraction of sp³-hybridized carbons (Fsp3) is 0.154. The second-order valence-corrected chi connectivity index (χ2v) is 6.04. The summed E-state index contributed by atoms with van der Waals surface area (Å²) < 4.78 is 36.5. The van der Waals surface area contributed by atoms with Crippen molar-refractivity contribution in [2.75, 3.05) is 0 Å². The topological polar surface area (TPSA) is 47.0 Å². The van der Waals surface area contributed by atoms with E-state index in [0.717, 1.165) is 0 Å². The lowest BCUT2D eigenvalue weighted by Gasteiger charge is -2.04. The van der Waals surface area contributed by atoms with Gasteiger partial charge in [0.2, 0.25) is 0 Å². The van der Waals surface area contributed by atoms with Crippen LogP contribution in [0.25, 0.3) is 0 Å². The second kappa shape index (κ2) is 5.27. The molecule has 1 aromatic heterocycles. The maximum atomic E-state index is 12.7. The van der Waals surface area contributed by atoms with Crippen molar-refractivity contribution < 1.29 is 12.8 Å². The smallest absolute Gasteiger partial charge is 0.160 e. The molecule has 0 amide bonds. The van der Waals surface area contributed by atoms with Gasteiger partial charge in [-0.1, -0.05) is 18.2 Å². The summed E-state index contributed by atoms with van der Waals surface area (Å²) in [6, 6.07) is 10.6. The molecule has 2 rings (SSSR count). The third-order valence-corrected chi connectivity index (χ3v) is 3.90. The number of hydrogen-bond acceptors (Lipinski definition) is 3. The predicted molar refractivity (Wildman–Crippen MR) is 67.0 cm³/mol. The highest BCUT2D eigenvalue weighted by Crippen LogP contribution is 2.11. The van der Waals surface area contributed by atoms with Gasteiger partial charge in [0.15, 0.2) is 9.84 Å². The zero-order chi connectivity index (χ0) is 13.0.